The molecule has 0 radical (unpaired) electrons. The standard InChI is InChI=1S/C14H14FNO3S/c15-12-2-1-3-14(10-12)20(18,19)16-9-8-11-4-6-13(17)7-5-11/h1-7,10,16-17H,8-9H2. The Hall–Kier alpha value is -1.92. The maximum atomic E-state index is 13.0. The van der Waals surface area contributed by atoms with Gasteiger partial charge < -0.3 is 5.11 Å². The first-order valence-electron chi connectivity index (χ1n) is 6.00. The van der Waals surface area contributed by atoms with E-state index < -0.39 is 15.8 Å². The Morgan fingerprint density at radius 2 is 1.80 bits per heavy atom. The fraction of sp³-hybridized carbons (Fsp3) is 0.143. The minimum Gasteiger partial charge on any atom is -0.508 e. The number of sulfonamides is 1. The van der Waals surface area contributed by atoms with Gasteiger partial charge in [0, 0.05) is 6.54 Å². The third-order valence-corrected chi connectivity index (χ3v) is 4.21. The third kappa shape index (κ3) is 3.79. The molecule has 2 N–H and O–H groups in total. The lowest BCUT2D eigenvalue weighted by molar-refractivity contribution is 0.475. The van der Waals surface area contributed by atoms with Crippen LogP contribution >= 0.6 is 0 Å². The maximum absolute atomic E-state index is 13.0. The van der Waals surface area contributed by atoms with Crippen LogP contribution in [0.3, 0.4) is 0 Å². The Kier molecular flexibility index (Phi) is 4.36. The highest BCUT2D eigenvalue weighted by molar-refractivity contribution is 7.89. The fourth-order valence-corrected chi connectivity index (χ4v) is 2.77. The zero-order chi connectivity index (χ0) is 14.6. The highest BCUT2D eigenvalue weighted by atomic mass is 32.2. The van der Waals surface area contributed by atoms with Crippen LogP contribution in [0, 0.1) is 5.82 Å². The van der Waals surface area contributed by atoms with Crippen LogP contribution in [0.4, 0.5) is 4.39 Å². The topological polar surface area (TPSA) is 66.4 Å². The summed E-state index contributed by atoms with van der Waals surface area (Å²) in [5.74, 6) is -0.430. The molecule has 0 saturated carbocycles. The molecule has 0 amide bonds. The van der Waals surface area contributed by atoms with Crippen molar-refractivity contribution in [2.24, 2.45) is 0 Å². The number of rotatable bonds is 5. The van der Waals surface area contributed by atoms with Crippen molar-refractivity contribution in [1.82, 2.24) is 4.72 Å². The van der Waals surface area contributed by atoms with Crippen LogP contribution in [0.1, 0.15) is 5.56 Å². The Bertz CT molecular complexity index is 684. The summed E-state index contributed by atoms with van der Waals surface area (Å²) in [6, 6.07) is 11.4. The summed E-state index contributed by atoms with van der Waals surface area (Å²) < 4.78 is 39.2. The van der Waals surface area contributed by atoms with E-state index in [-0.39, 0.29) is 17.2 Å². The lowest BCUT2D eigenvalue weighted by Gasteiger charge is -2.07. The Balaban J connectivity index is 1.98. The summed E-state index contributed by atoms with van der Waals surface area (Å²) in [4.78, 5) is -0.0943. The second-order valence-corrected chi connectivity index (χ2v) is 6.04. The first kappa shape index (κ1) is 14.5. The van der Waals surface area contributed by atoms with Crippen LogP contribution in [0.15, 0.2) is 53.4 Å². The van der Waals surface area contributed by atoms with Crippen molar-refractivity contribution in [3.05, 3.63) is 59.9 Å². The van der Waals surface area contributed by atoms with Gasteiger partial charge in [0.05, 0.1) is 4.90 Å². The van der Waals surface area contributed by atoms with Crippen molar-refractivity contribution in [2.75, 3.05) is 6.54 Å². The number of hydrogen-bond donors (Lipinski definition) is 2. The zero-order valence-electron chi connectivity index (χ0n) is 10.6. The zero-order valence-corrected chi connectivity index (χ0v) is 11.4. The van der Waals surface area contributed by atoms with Crippen LogP contribution < -0.4 is 4.72 Å². The van der Waals surface area contributed by atoms with E-state index in [0.29, 0.717) is 6.42 Å². The van der Waals surface area contributed by atoms with Crippen LogP contribution in [0.2, 0.25) is 0 Å². The molecule has 6 heteroatoms. The van der Waals surface area contributed by atoms with Crippen molar-refractivity contribution in [1.29, 1.82) is 0 Å². The smallest absolute Gasteiger partial charge is 0.240 e. The highest BCUT2D eigenvalue weighted by Crippen LogP contribution is 2.12. The summed E-state index contributed by atoms with van der Waals surface area (Å²) in [7, 11) is -3.70. The second kappa shape index (κ2) is 6.02. The predicted octanol–water partition coefficient (Wildman–Crippen LogP) is 2.05. The summed E-state index contributed by atoms with van der Waals surface area (Å²) >= 11 is 0. The molecule has 0 aromatic heterocycles. The molecule has 2 rings (SSSR count). The number of phenols is 1. The number of phenolic OH excluding ortho intramolecular Hbond substituents is 1. The molecule has 0 heterocycles. The minimum atomic E-state index is -3.70. The molecular weight excluding hydrogens is 281 g/mol. The van der Waals surface area contributed by atoms with E-state index in [9.17, 15) is 12.8 Å². The van der Waals surface area contributed by atoms with Gasteiger partial charge in [0.2, 0.25) is 10.0 Å². The molecular formula is C14H14FNO3S. The van der Waals surface area contributed by atoms with Crippen LogP contribution in [-0.2, 0) is 16.4 Å². The average Bonchev–Trinajstić information content (AvgIpc) is 2.41. The van der Waals surface area contributed by atoms with Gasteiger partial charge in [0.15, 0.2) is 0 Å². The van der Waals surface area contributed by atoms with Gasteiger partial charge in [-0.25, -0.2) is 17.5 Å². The lowest BCUT2D eigenvalue weighted by Crippen LogP contribution is -2.26. The molecule has 0 atom stereocenters. The Morgan fingerprint density at radius 1 is 1.10 bits per heavy atom. The number of benzene rings is 2. The SMILES string of the molecule is O=S(=O)(NCCc1ccc(O)cc1)c1cccc(F)c1. The largest absolute Gasteiger partial charge is 0.508 e. The first-order chi connectivity index (χ1) is 9.47. The molecule has 0 aliphatic heterocycles. The first-order valence-corrected chi connectivity index (χ1v) is 7.49. The third-order valence-electron chi connectivity index (χ3n) is 2.75. The van der Waals surface area contributed by atoms with E-state index in [4.69, 9.17) is 5.11 Å². The maximum Gasteiger partial charge on any atom is 0.240 e. The summed E-state index contributed by atoms with van der Waals surface area (Å²) in [6.45, 7) is 0.198. The Morgan fingerprint density at radius 3 is 2.45 bits per heavy atom. The molecule has 0 aliphatic rings. The van der Waals surface area contributed by atoms with E-state index in [1.54, 1.807) is 12.1 Å². The molecule has 0 bridgehead atoms. The lowest BCUT2D eigenvalue weighted by atomic mass is 10.1. The predicted molar refractivity (Wildman–Crippen MR) is 73.4 cm³/mol. The highest BCUT2D eigenvalue weighted by Gasteiger charge is 2.13. The molecule has 20 heavy (non-hydrogen) atoms. The van der Waals surface area contributed by atoms with Gasteiger partial charge in [-0.2, -0.15) is 0 Å². The molecule has 4 nitrogen and oxygen atoms in total. The molecule has 2 aromatic rings. The van der Waals surface area contributed by atoms with Gasteiger partial charge in [0.25, 0.3) is 0 Å². The Labute approximate surface area is 116 Å². The molecule has 0 fully saturated rings. The van der Waals surface area contributed by atoms with Crippen molar-refractivity contribution in [2.45, 2.75) is 11.3 Å². The fourth-order valence-electron chi connectivity index (χ4n) is 1.71. The number of hydrogen-bond acceptors (Lipinski definition) is 3. The number of halogens is 1. The minimum absolute atomic E-state index is 0.0943. The van der Waals surface area contributed by atoms with E-state index in [1.807, 2.05) is 0 Å². The monoisotopic (exact) mass is 295 g/mol. The summed E-state index contributed by atoms with van der Waals surface area (Å²) in [5, 5.41) is 9.14. The normalized spacial score (nSPS) is 11.4. The van der Waals surface area contributed by atoms with E-state index in [2.05, 4.69) is 4.72 Å². The number of nitrogens with one attached hydrogen (secondary N) is 1. The van der Waals surface area contributed by atoms with Gasteiger partial charge in [-0.15, -0.1) is 0 Å². The second-order valence-electron chi connectivity index (χ2n) is 4.27. The van der Waals surface area contributed by atoms with Crippen LogP contribution in [-0.4, -0.2) is 20.1 Å². The van der Waals surface area contributed by atoms with Crippen molar-refractivity contribution < 1.29 is 17.9 Å². The average molecular weight is 295 g/mol. The molecule has 0 unspecified atom stereocenters. The molecule has 0 saturated heterocycles. The van der Waals surface area contributed by atoms with Gasteiger partial charge in [-0.1, -0.05) is 18.2 Å². The molecule has 0 spiro atoms. The van der Waals surface area contributed by atoms with Crippen LogP contribution in [0.25, 0.3) is 0 Å². The van der Waals surface area contributed by atoms with E-state index in [1.165, 1.54) is 30.3 Å². The summed E-state index contributed by atoms with van der Waals surface area (Å²) in [6.07, 6.45) is 0.481. The van der Waals surface area contributed by atoms with Gasteiger partial charge in [-0.3, -0.25) is 0 Å². The molecule has 0 aliphatic carbocycles. The van der Waals surface area contributed by atoms with Gasteiger partial charge in [-0.05, 0) is 42.3 Å². The summed E-state index contributed by atoms with van der Waals surface area (Å²) in [5.41, 5.74) is 0.893. The van der Waals surface area contributed by atoms with Crippen molar-refractivity contribution in [3.8, 4) is 5.75 Å². The van der Waals surface area contributed by atoms with Crippen molar-refractivity contribution >= 4 is 10.0 Å². The van der Waals surface area contributed by atoms with E-state index in [0.717, 1.165) is 11.6 Å². The van der Waals surface area contributed by atoms with Gasteiger partial charge in [0.1, 0.15) is 11.6 Å². The quantitative estimate of drug-likeness (QED) is 0.887. The van der Waals surface area contributed by atoms with E-state index >= 15 is 0 Å². The molecule has 2 aromatic carbocycles. The van der Waals surface area contributed by atoms with Crippen LogP contribution in [0.5, 0.6) is 5.75 Å². The van der Waals surface area contributed by atoms with Gasteiger partial charge >= 0.3 is 0 Å². The van der Waals surface area contributed by atoms with Crippen molar-refractivity contribution in [3.63, 3.8) is 0 Å². The number of aromatic hydroxyl groups is 1. The molecule has 106 valence electrons.